The fourth-order valence-electron chi connectivity index (χ4n) is 2.27. The van der Waals surface area contributed by atoms with Crippen LogP contribution in [-0.4, -0.2) is 11.7 Å². The van der Waals surface area contributed by atoms with Crippen molar-refractivity contribution in [3.8, 4) is 5.75 Å². The molecule has 1 aromatic carbocycles. The highest BCUT2D eigenvalue weighted by molar-refractivity contribution is 5.28. The molecule has 0 amide bonds. The van der Waals surface area contributed by atoms with Crippen molar-refractivity contribution in [2.24, 2.45) is 17.6 Å². The highest BCUT2D eigenvalue weighted by Gasteiger charge is 2.16. The van der Waals surface area contributed by atoms with Crippen LogP contribution in [0, 0.1) is 11.8 Å². The first-order valence-corrected chi connectivity index (χ1v) is 6.52. The molecule has 2 unspecified atom stereocenters. The third-order valence-corrected chi connectivity index (χ3v) is 3.21. The molecule has 3 N–H and O–H groups in total. The van der Waals surface area contributed by atoms with Gasteiger partial charge < -0.3 is 10.8 Å². The molecule has 0 aromatic heterocycles. The molecular formula is C15H25NO. The van der Waals surface area contributed by atoms with E-state index in [-0.39, 0.29) is 0 Å². The van der Waals surface area contributed by atoms with Crippen LogP contribution in [0.25, 0.3) is 0 Å². The molecule has 2 atom stereocenters. The number of benzene rings is 1. The van der Waals surface area contributed by atoms with Crippen LogP contribution in [0.4, 0.5) is 0 Å². The summed E-state index contributed by atoms with van der Waals surface area (Å²) in [5.74, 6) is 2.12. The fraction of sp³-hybridized carbons (Fsp3) is 0.600. The lowest BCUT2D eigenvalue weighted by atomic mass is 9.84. The zero-order valence-corrected chi connectivity index (χ0v) is 11.2. The third kappa shape index (κ3) is 4.78. The summed E-state index contributed by atoms with van der Waals surface area (Å²) in [6.07, 6.45) is 2.30. The average molecular weight is 235 g/mol. The summed E-state index contributed by atoms with van der Waals surface area (Å²) in [6, 6.07) is 7.61. The predicted molar refractivity (Wildman–Crippen MR) is 73.1 cm³/mol. The van der Waals surface area contributed by atoms with Crippen LogP contribution >= 0.6 is 0 Å². The van der Waals surface area contributed by atoms with Crippen molar-refractivity contribution in [3.05, 3.63) is 29.8 Å². The minimum Gasteiger partial charge on any atom is -0.508 e. The van der Waals surface area contributed by atoms with Gasteiger partial charge in [0.2, 0.25) is 0 Å². The van der Waals surface area contributed by atoms with Gasteiger partial charge in [-0.3, -0.25) is 0 Å². The Morgan fingerprint density at radius 2 is 1.65 bits per heavy atom. The summed E-state index contributed by atoms with van der Waals surface area (Å²) in [5, 5.41) is 9.33. The maximum atomic E-state index is 9.33. The van der Waals surface area contributed by atoms with Gasteiger partial charge in [-0.1, -0.05) is 32.9 Å². The van der Waals surface area contributed by atoms with Gasteiger partial charge >= 0.3 is 0 Å². The molecule has 0 spiro atoms. The van der Waals surface area contributed by atoms with E-state index in [1.165, 1.54) is 12.0 Å². The minimum atomic E-state index is 0.337. The Kier molecular flexibility index (Phi) is 5.49. The molecule has 0 fully saturated rings. The number of hydrogen-bond acceptors (Lipinski definition) is 2. The van der Waals surface area contributed by atoms with Gasteiger partial charge in [-0.2, -0.15) is 0 Å². The lowest BCUT2D eigenvalue weighted by Gasteiger charge is -2.22. The summed E-state index contributed by atoms with van der Waals surface area (Å²) in [5.41, 5.74) is 7.03. The number of nitrogens with two attached hydrogens (primary N) is 1. The molecule has 2 nitrogen and oxygen atoms in total. The second kappa shape index (κ2) is 6.65. The van der Waals surface area contributed by atoms with E-state index in [1.54, 1.807) is 12.1 Å². The Morgan fingerprint density at radius 1 is 1.06 bits per heavy atom. The lowest BCUT2D eigenvalue weighted by molar-refractivity contribution is 0.410. The Bertz CT molecular complexity index is 318. The second-order valence-electron chi connectivity index (χ2n) is 5.49. The molecule has 0 radical (unpaired) electrons. The number of hydrogen-bond donors (Lipinski definition) is 2. The van der Waals surface area contributed by atoms with Gasteiger partial charge in [-0.15, -0.1) is 0 Å². The van der Waals surface area contributed by atoms with Gasteiger partial charge in [0, 0.05) is 0 Å². The normalized spacial score (nSPS) is 14.9. The van der Waals surface area contributed by atoms with E-state index in [1.807, 2.05) is 12.1 Å². The van der Waals surface area contributed by atoms with Crippen LogP contribution in [-0.2, 0) is 0 Å². The van der Waals surface area contributed by atoms with Crippen molar-refractivity contribution >= 4 is 0 Å². The molecule has 0 bridgehead atoms. The van der Waals surface area contributed by atoms with Crippen molar-refractivity contribution in [2.75, 3.05) is 6.54 Å². The largest absolute Gasteiger partial charge is 0.508 e. The Labute approximate surface area is 105 Å². The summed E-state index contributed by atoms with van der Waals surface area (Å²) >= 11 is 0. The fourth-order valence-corrected chi connectivity index (χ4v) is 2.27. The second-order valence-corrected chi connectivity index (χ2v) is 5.49. The molecule has 0 aliphatic heterocycles. The lowest BCUT2D eigenvalue weighted by Crippen LogP contribution is -2.15. The quantitative estimate of drug-likeness (QED) is 0.792. The molecule has 0 heterocycles. The van der Waals surface area contributed by atoms with Crippen LogP contribution in [0.3, 0.4) is 0 Å². The van der Waals surface area contributed by atoms with Gasteiger partial charge in [0.1, 0.15) is 5.75 Å². The van der Waals surface area contributed by atoms with Gasteiger partial charge in [0.25, 0.3) is 0 Å². The highest BCUT2D eigenvalue weighted by atomic mass is 16.3. The molecule has 1 aromatic rings. The van der Waals surface area contributed by atoms with E-state index in [0.29, 0.717) is 23.5 Å². The molecule has 96 valence electrons. The Balaban J connectivity index is 2.77. The van der Waals surface area contributed by atoms with E-state index in [0.717, 1.165) is 13.0 Å². The van der Waals surface area contributed by atoms with Gasteiger partial charge in [0.15, 0.2) is 0 Å². The summed E-state index contributed by atoms with van der Waals surface area (Å²) in [4.78, 5) is 0. The molecule has 0 aliphatic rings. The summed E-state index contributed by atoms with van der Waals surface area (Å²) < 4.78 is 0. The van der Waals surface area contributed by atoms with Crippen molar-refractivity contribution < 1.29 is 5.11 Å². The minimum absolute atomic E-state index is 0.337. The Morgan fingerprint density at radius 3 is 2.12 bits per heavy atom. The maximum absolute atomic E-state index is 9.33. The van der Waals surface area contributed by atoms with Gasteiger partial charge in [-0.25, -0.2) is 0 Å². The summed E-state index contributed by atoms with van der Waals surface area (Å²) in [7, 11) is 0. The first-order chi connectivity index (χ1) is 8.02. The zero-order valence-electron chi connectivity index (χ0n) is 11.2. The maximum Gasteiger partial charge on any atom is 0.115 e. The van der Waals surface area contributed by atoms with Crippen LogP contribution in [0.5, 0.6) is 5.75 Å². The van der Waals surface area contributed by atoms with Crippen molar-refractivity contribution in [1.29, 1.82) is 0 Å². The van der Waals surface area contributed by atoms with E-state index in [9.17, 15) is 5.11 Å². The topological polar surface area (TPSA) is 46.2 Å². The predicted octanol–water partition coefficient (Wildman–Crippen LogP) is 3.51. The monoisotopic (exact) mass is 235 g/mol. The van der Waals surface area contributed by atoms with E-state index in [2.05, 4.69) is 20.8 Å². The van der Waals surface area contributed by atoms with Crippen molar-refractivity contribution in [3.63, 3.8) is 0 Å². The van der Waals surface area contributed by atoms with Crippen LogP contribution < -0.4 is 5.73 Å². The van der Waals surface area contributed by atoms with Crippen LogP contribution in [0.2, 0.25) is 0 Å². The van der Waals surface area contributed by atoms with Crippen molar-refractivity contribution in [1.82, 2.24) is 0 Å². The van der Waals surface area contributed by atoms with Crippen LogP contribution in [0.15, 0.2) is 24.3 Å². The van der Waals surface area contributed by atoms with Gasteiger partial charge in [-0.05, 0) is 54.8 Å². The van der Waals surface area contributed by atoms with E-state index >= 15 is 0 Å². The molecule has 17 heavy (non-hydrogen) atoms. The standard InChI is InChI=1S/C15H25NO/c1-11(2)8-14(9-12(3)10-16)13-4-6-15(17)7-5-13/h4-7,11-12,14,17H,8-10,16H2,1-3H3. The average Bonchev–Trinajstić information content (AvgIpc) is 2.28. The molecule has 0 aliphatic carbocycles. The molecular weight excluding hydrogens is 210 g/mol. The smallest absolute Gasteiger partial charge is 0.115 e. The number of phenolic OH excluding ortho intramolecular Hbond substituents is 1. The molecule has 0 saturated heterocycles. The highest BCUT2D eigenvalue weighted by Crippen LogP contribution is 2.30. The third-order valence-electron chi connectivity index (χ3n) is 3.21. The first-order valence-electron chi connectivity index (χ1n) is 6.52. The van der Waals surface area contributed by atoms with Crippen LogP contribution in [0.1, 0.15) is 45.1 Å². The van der Waals surface area contributed by atoms with E-state index < -0.39 is 0 Å². The van der Waals surface area contributed by atoms with E-state index in [4.69, 9.17) is 5.73 Å². The molecule has 1 rings (SSSR count). The Hall–Kier alpha value is -1.02. The zero-order chi connectivity index (χ0) is 12.8. The first kappa shape index (κ1) is 14.0. The number of aromatic hydroxyl groups is 1. The molecule has 2 heteroatoms. The summed E-state index contributed by atoms with van der Waals surface area (Å²) in [6.45, 7) is 7.45. The van der Waals surface area contributed by atoms with Crippen molar-refractivity contribution in [2.45, 2.75) is 39.5 Å². The molecule has 0 saturated carbocycles. The number of phenols is 1. The van der Waals surface area contributed by atoms with Gasteiger partial charge in [0.05, 0.1) is 0 Å². The number of rotatable bonds is 6. The SMILES string of the molecule is CC(C)CC(CC(C)CN)c1ccc(O)cc1.